The van der Waals surface area contributed by atoms with Crippen LogP contribution < -0.4 is 5.73 Å². The summed E-state index contributed by atoms with van der Waals surface area (Å²) in [5.41, 5.74) is 6.35. The van der Waals surface area contributed by atoms with Gasteiger partial charge in [-0.3, -0.25) is 4.98 Å². The van der Waals surface area contributed by atoms with Crippen LogP contribution in [0.5, 0.6) is 0 Å². The summed E-state index contributed by atoms with van der Waals surface area (Å²) < 4.78 is 12.6. The minimum Gasteiger partial charge on any atom is -0.330 e. The minimum atomic E-state index is -0.281. The predicted octanol–water partition coefficient (Wildman–Crippen LogP) is 1.36. The summed E-state index contributed by atoms with van der Waals surface area (Å²) in [5.74, 6) is 0.102. The Morgan fingerprint density at radius 1 is 1.58 bits per heavy atom. The van der Waals surface area contributed by atoms with Crippen molar-refractivity contribution in [3.63, 3.8) is 0 Å². The molecule has 1 rings (SSSR count). The molecule has 0 saturated carbocycles. The van der Waals surface area contributed by atoms with Crippen molar-refractivity contribution in [2.24, 2.45) is 11.7 Å². The quantitative estimate of drug-likeness (QED) is 0.740. The van der Waals surface area contributed by atoms with E-state index in [1.807, 2.05) is 6.92 Å². The maximum atomic E-state index is 12.6. The van der Waals surface area contributed by atoms with E-state index >= 15 is 0 Å². The van der Waals surface area contributed by atoms with Gasteiger partial charge >= 0.3 is 0 Å². The Morgan fingerprint density at radius 3 is 2.92 bits per heavy atom. The van der Waals surface area contributed by atoms with Gasteiger partial charge in [-0.1, -0.05) is 6.92 Å². The Balaban J connectivity index is 2.63. The standard InChI is InChI=1S/C9H13FN2/c1-7(4-11)2-8-3-9(10)6-12-5-8/h3,5-7H,2,4,11H2,1H3. The topological polar surface area (TPSA) is 38.9 Å². The van der Waals surface area contributed by atoms with Gasteiger partial charge in [0.15, 0.2) is 0 Å². The normalized spacial score (nSPS) is 12.9. The fourth-order valence-corrected chi connectivity index (χ4v) is 1.05. The zero-order valence-electron chi connectivity index (χ0n) is 7.13. The summed E-state index contributed by atoms with van der Waals surface area (Å²) in [6.07, 6.45) is 3.67. The van der Waals surface area contributed by atoms with Crippen molar-refractivity contribution in [3.8, 4) is 0 Å². The van der Waals surface area contributed by atoms with Gasteiger partial charge in [-0.2, -0.15) is 0 Å². The number of hydrogen-bond acceptors (Lipinski definition) is 2. The van der Waals surface area contributed by atoms with Crippen molar-refractivity contribution < 1.29 is 4.39 Å². The Morgan fingerprint density at radius 2 is 2.33 bits per heavy atom. The molecule has 0 aliphatic carbocycles. The van der Waals surface area contributed by atoms with Crippen LogP contribution in [0.25, 0.3) is 0 Å². The number of hydrogen-bond donors (Lipinski definition) is 1. The highest BCUT2D eigenvalue weighted by Gasteiger charge is 2.02. The maximum absolute atomic E-state index is 12.6. The van der Waals surface area contributed by atoms with Crippen molar-refractivity contribution in [2.45, 2.75) is 13.3 Å². The number of pyridine rings is 1. The lowest BCUT2D eigenvalue weighted by molar-refractivity contribution is 0.580. The third kappa shape index (κ3) is 2.58. The van der Waals surface area contributed by atoms with Crippen LogP contribution in [0.4, 0.5) is 4.39 Å². The summed E-state index contributed by atoms with van der Waals surface area (Å²) in [6.45, 7) is 2.65. The Labute approximate surface area is 71.6 Å². The lowest BCUT2D eigenvalue weighted by Crippen LogP contribution is -2.13. The molecule has 1 aromatic rings. The molecule has 0 aliphatic rings. The lowest BCUT2D eigenvalue weighted by atomic mass is 10.0. The van der Waals surface area contributed by atoms with E-state index in [9.17, 15) is 4.39 Å². The van der Waals surface area contributed by atoms with Crippen LogP contribution in [0, 0.1) is 11.7 Å². The first-order chi connectivity index (χ1) is 5.72. The van der Waals surface area contributed by atoms with Gasteiger partial charge in [0.05, 0.1) is 6.20 Å². The Hall–Kier alpha value is -0.960. The highest BCUT2D eigenvalue weighted by Crippen LogP contribution is 2.07. The molecule has 0 aliphatic heterocycles. The summed E-state index contributed by atoms with van der Waals surface area (Å²) >= 11 is 0. The van der Waals surface area contributed by atoms with E-state index in [-0.39, 0.29) is 5.82 Å². The SMILES string of the molecule is CC(CN)Cc1cncc(F)c1. The highest BCUT2D eigenvalue weighted by molar-refractivity contribution is 5.10. The maximum Gasteiger partial charge on any atom is 0.141 e. The first kappa shape index (κ1) is 9.13. The summed E-state index contributed by atoms with van der Waals surface area (Å²) in [4.78, 5) is 3.76. The molecule has 2 N–H and O–H groups in total. The van der Waals surface area contributed by atoms with Gasteiger partial charge in [0.25, 0.3) is 0 Å². The van der Waals surface area contributed by atoms with E-state index in [0.717, 1.165) is 12.0 Å². The van der Waals surface area contributed by atoms with Gasteiger partial charge in [-0.25, -0.2) is 4.39 Å². The van der Waals surface area contributed by atoms with Crippen molar-refractivity contribution in [2.75, 3.05) is 6.54 Å². The fourth-order valence-electron chi connectivity index (χ4n) is 1.05. The first-order valence-electron chi connectivity index (χ1n) is 4.02. The molecule has 1 atom stereocenters. The van der Waals surface area contributed by atoms with E-state index in [4.69, 9.17) is 5.73 Å². The minimum absolute atomic E-state index is 0.281. The van der Waals surface area contributed by atoms with Crippen LogP contribution in [0.15, 0.2) is 18.5 Å². The third-order valence-electron chi connectivity index (χ3n) is 1.75. The average Bonchev–Trinajstić information content (AvgIpc) is 2.04. The molecule has 0 amide bonds. The van der Waals surface area contributed by atoms with Crippen molar-refractivity contribution in [3.05, 3.63) is 29.8 Å². The van der Waals surface area contributed by atoms with E-state index in [1.165, 1.54) is 12.3 Å². The molecule has 1 unspecified atom stereocenters. The van der Waals surface area contributed by atoms with Gasteiger partial charge in [0.2, 0.25) is 0 Å². The smallest absolute Gasteiger partial charge is 0.141 e. The zero-order chi connectivity index (χ0) is 8.97. The highest BCUT2D eigenvalue weighted by atomic mass is 19.1. The largest absolute Gasteiger partial charge is 0.330 e. The number of nitrogens with zero attached hydrogens (tertiary/aromatic N) is 1. The van der Waals surface area contributed by atoms with Gasteiger partial charge in [0, 0.05) is 6.20 Å². The molecule has 0 aromatic carbocycles. The number of rotatable bonds is 3. The van der Waals surface area contributed by atoms with E-state index in [2.05, 4.69) is 4.98 Å². The van der Waals surface area contributed by atoms with Crippen LogP contribution in [0.2, 0.25) is 0 Å². The van der Waals surface area contributed by atoms with Crippen LogP contribution in [-0.4, -0.2) is 11.5 Å². The second-order valence-corrected chi connectivity index (χ2v) is 3.06. The molecule has 0 bridgehead atoms. The molecule has 1 aromatic heterocycles. The number of aromatic nitrogens is 1. The number of nitrogens with two attached hydrogens (primary N) is 1. The summed E-state index contributed by atoms with van der Waals surface area (Å²) in [6, 6.07) is 1.50. The van der Waals surface area contributed by atoms with Crippen molar-refractivity contribution in [1.29, 1.82) is 0 Å². The molecule has 2 nitrogen and oxygen atoms in total. The second kappa shape index (κ2) is 4.16. The molecule has 0 saturated heterocycles. The molecule has 1 heterocycles. The first-order valence-corrected chi connectivity index (χ1v) is 4.02. The molecule has 66 valence electrons. The zero-order valence-corrected chi connectivity index (χ0v) is 7.13. The predicted molar refractivity (Wildman–Crippen MR) is 46.1 cm³/mol. The molecular formula is C9H13FN2. The molecular weight excluding hydrogens is 155 g/mol. The number of halogens is 1. The molecule has 12 heavy (non-hydrogen) atoms. The van der Waals surface area contributed by atoms with Gasteiger partial charge < -0.3 is 5.73 Å². The van der Waals surface area contributed by atoms with Crippen LogP contribution in [0.3, 0.4) is 0 Å². The van der Waals surface area contributed by atoms with E-state index < -0.39 is 0 Å². The Kier molecular flexibility index (Phi) is 3.17. The fraction of sp³-hybridized carbons (Fsp3) is 0.444. The van der Waals surface area contributed by atoms with E-state index in [1.54, 1.807) is 6.20 Å². The second-order valence-electron chi connectivity index (χ2n) is 3.06. The summed E-state index contributed by atoms with van der Waals surface area (Å²) in [7, 11) is 0. The molecule has 0 fully saturated rings. The monoisotopic (exact) mass is 168 g/mol. The van der Waals surface area contributed by atoms with Crippen molar-refractivity contribution in [1.82, 2.24) is 4.98 Å². The van der Waals surface area contributed by atoms with Crippen molar-refractivity contribution >= 4 is 0 Å². The molecule has 3 heteroatoms. The average molecular weight is 168 g/mol. The van der Waals surface area contributed by atoms with Crippen LogP contribution >= 0.6 is 0 Å². The molecule has 0 radical (unpaired) electrons. The molecule has 0 spiro atoms. The van der Waals surface area contributed by atoms with Crippen LogP contribution in [-0.2, 0) is 6.42 Å². The van der Waals surface area contributed by atoms with Crippen LogP contribution in [0.1, 0.15) is 12.5 Å². The Bertz CT molecular complexity index is 250. The van der Waals surface area contributed by atoms with Gasteiger partial charge in [-0.15, -0.1) is 0 Å². The third-order valence-corrected chi connectivity index (χ3v) is 1.75. The lowest BCUT2D eigenvalue weighted by Gasteiger charge is -2.06. The van der Waals surface area contributed by atoms with Gasteiger partial charge in [-0.05, 0) is 30.5 Å². The summed E-state index contributed by atoms with van der Waals surface area (Å²) in [5, 5.41) is 0. The van der Waals surface area contributed by atoms with Gasteiger partial charge in [0.1, 0.15) is 5.82 Å². The van der Waals surface area contributed by atoms with E-state index in [0.29, 0.717) is 12.5 Å².